The minimum atomic E-state index is -0.735. The topological polar surface area (TPSA) is 23.8 Å². The zero-order valence-corrected chi connectivity index (χ0v) is 19.3. The van der Waals surface area contributed by atoms with Crippen molar-refractivity contribution in [1.82, 2.24) is 0 Å². The predicted molar refractivity (Wildman–Crippen MR) is 126 cm³/mol. The molecule has 0 N–H and O–H groups in total. The monoisotopic (exact) mass is 435 g/mol. The Bertz CT molecular complexity index is 949. The van der Waals surface area contributed by atoms with Crippen molar-refractivity contribution in [3.05, 3.63) is 69.8 Å². The maximum atomic E-state index is 14.5. The second-order valence-corrected chi connectivity index (χ2v) is 9.97. The molecular weight excluding hydrogens is 400 g/mol. The first-order valence-corrected chi connectivity index (χ1v) is 12.6. The van der Waals surface area contributed by atoms with Crippen LogP contribution in [0.15, 0.2) is 30.3 Å². The summed E-state index contributed by atoms with van der Waals surface area (Å²) in [5, 5.41) is 9.01. The van der Waals surface area contributed by atoms with Gasteiger partial charge < -0.3 is 0 Å². The average Bonchev–Trinajstić information content (AvgIpc) is 2.82. The van der Waals surface area contributed by atoms with Crippen LogP contribution < -0.4 is 0 Å². The number of fused-ring (bicyclic) bond motifs is 1. The summed E-state index contributed by atoms with van der Waals surface area (Å²) in [6.07, 6.45) is 14.2. The fraction of sp³-hybridized carbons (Fsp3) is 0.552. The van der Waals surface area contributed by atoms with Gasteiger partial charge in [-0.3, -0.25) is 0 Å². The summed E-state index contributed by atoms with van der Waals surface area (Å²) in [4.78, 5) is 0. The van der Waals surface area contributed by atoms with E-state index >= 15 is 0 Å². The van der Waals surface area contributed by atoms with Gasteiger partial charge >= 0.3 is 0 Å². The number of hydrogen-bond acceptors (Lipinski definition) is 1. The average molecular weight is 436 g/mol. The molecule has 3 heteroatoms. The molecule has 1 fully saturated rings. The third-order valence-electron chi connectivity index (χ3n) is 7.92. The smallest absolute Gasteiger partial charge is 0.147 e. The molecule has 170 valence electrons. The van der Waals surface area contributed by atoms with Gasteiger partial charge in [0.2, 0.25) is 0 Å². The number of rotatable bonds is 7. The second-order valence-electron chi connectivity index (χ2n) is 9.97. The molecule has 1 unspecified atom stereocenters. The fourth-order valence-corrected chi connectivity index (χ4v) is 5.92. The van der Waals surface area contributed by atoms with Gasteiger partial charge in [0.25, 0.3) is 0 Å². The van der Waals surface area contributed by atoms with Crippen molar-refractivity contribution in [1.29, 1.82) is 5.26 Å². The summed E-state index contributed by atoms with van der Waals surface area (Å²) in [5.74, 6) is 0.489. The maximum Gasteiger partial charge on any atom is 0.147 e. The summed E-state index contributed by atoms with van der Waals surface area (Å²) >= 11 is 0. The summed E-state index contributed by atoms with van der Waals surface area (Å²) < 4.78 is 28.6. The number of nitriles is 1. The molecule has 2 aromatic carbocycles. The summed E-state index contributed by atoms with van der Waals surface area (Å²) in [6, 6.07) is 12.1. The standard InChI is InChI=1S/C29H35F2N/c1-2-3-4-5-6-20-7-9-21(10-8-20)22-11-13-23(14-12-22)24-15-16-26-25(17-24)18-28(30)27(19-32)29(26)31/h11-14,18,20-21,24H,2-10,15-17H2,1H3. The van der Waals surface area contributed by atoms with Crippen molar-refractivity contribution in [3.8, 4) is 6.07 Å². The molecule has 1 nitrogen and oxygen atoms in total. The molecule has 0 heterocycles. The number of hydrogen-bond donors (Lipinski definition) is 0. The van der Waals surface area contributed by atoms with Gasteiger partial charge in [0.05, 0.1) is 0 Å². The summed E-state index contributed by atoms with van der Waals surface area (Å²) in [6.45, 7) is 2.27. The molecule has 32 heavy (non-hydrogen) atoms. The van der Waals surface area contributed by atoms with Gasteiger partial charge in [0.15, 0.2) is 0 Å². The van der Waals surface area contributed by atoms with Crippen LogP contribution >= 0.6 is 0 Å². The number of halogens is 2. The highest BCUT2D eigenvalue weighted by molar-refractivity contribution is 5.44. The Morgan fingerprint density at radius 3 is 2.25 bits per heavy atom. The highest BCUT2D eigenvalue weighted by Crippen LogP contribution is 2.39. The van der Waals surface area contributed by atoms with Crippen molar-refractivity contribution >= 4 is 0 Å². The van der Waals surface area contributed by atoms with Crippen LogP contribution in [0.1, 0.15) is 111 Å². The maximum absolute atomic E-state index is 14.5. The minimum absolute atomic E-state index is 0.280. The molecule has 1 saturated carbocycles. The first kappa shape index (κ1) is 23.0. The van der Waals surface area contributed by atoms with Crippen molar-refractivity contribution < 1.29 is 8.78 Å². The normalized spacial score (nSPS) is 22.9. The van der Waals surface area contributed by atoms with Gasteiger partial charge in [-0.25, -0.2) is 8.78 Å². The van der Waals surface area contributed by atoms with Crippen LogP contribution in [-0.2, 0) is 12.8 Å². The van der Waals surface area contributed by atoms with Crippen LogP contribution in [0.25, 0.3) is 0 Å². The molecule has 2 aliphatic carbocycles. The van der Waals surface area contributed by atoms with E-state index in [-0.39, 0.29) is 5.92 Å². The van der Waals surface area contributed by atoms with Gasteiger partial charge in [0, 0.05) is 0 Å². The van der Waals surface area contributed by atoms with E-state index in [1.807, 2.05) is 0 Å². The van der Waals surface area contributed by atoms with Gasteiger partial charge in [-0.2, -0.15) is 5.26 Å². The molecule has 0 aliphatic heterocycles. The molecule has 2 aliphatic rings. The van der Waals surface area contributed by atoms with E-state index in [2.05, 4.69) is 31.2 Å². The van der Waals surface area contributed by atoms with E-state index in [0.29, 0.717) is 24.3 Å². The zero-order chi connectivity index (χ0) is 22.5. The Labute approximate surface area is 191 Å². The predicted octanol–water partition coefficient (Wildman–Crippen LogP) is 8.35. The Morgan fingerprint density at radius 2 is 1.59 bits per heavy atom. The lowest BCUT2D eigenvalue weighted by atomic mass is 9.76. The van der Waals surface area contributed by atoms with Crippen molar-refractivity contribution in [3.63, 3.8) is 0 Å². The minimum Gasteiger partial charge on any atom is -0.205 e. The lowest BCUT2D eigenvalue weighted by Crippen LogP contribution is -2.16. The number of benzene rings is 2. The van der Waals surface area contributed by atoms with Gasteiger partial charge in [-0.15, -0.1) is 0 Å². The molecule has 0 amide bonds. The molecule has 0 radical (unpaired) electrons. The summed E-state index contributed by atoms with van der Waals surface area (Å²) in [5.41, 5.74) is 3.51. The number of unbranched alkanes of at least 4 members (excludes halogenated alkanes) is 3. The largest absolute Gasteiger partial charge is 0.205 e. The molecule has 0 aromatic heterocycles. The highest BCUT2D eigenvalue weighted by Gasteiger charge is 2.27. The van der Waals surface area contributed by atoms with E-state index in [9.17, 15) is 8.78 Å². The molecule has 4 rings (SSSR count). The fourth-order valence-electron chi connectivity index (χ4n) is 5.92. The SMILES string of the molecule is CCCCCCC1CCC(c2ccc(C3CCc4c(cc(F)c(C#N)c4F)C3)cc2)CC1. The van der Waals surface area contributed by atoms with E-state index in [1.54, 1.807) is 6.07 Å². The van der Waals surface area contributed by atoms with E-state index in [1.165, 1.54) is 75.0 Å². The quantitative estimate of drug-likeness (QED) is 0.401. The molecule has 1 atom stereocenters. The first-order chi connectivity index (χ1) is 15.6. The van der Waals surface area contributed by atoms with Crippen LogP contribution in [0.5, 0.6) is 0 Å². The van der Waals surface area contributed by atoms with Gasteiger partial charge in [-0.05, 0) is 91.0 Å². The van der Waals surface area contributed by atoms with Gasteiger partial charge in [-0.1, -0.05) is 63.3 Å². The molecule has 0 bridgehead atoms. The third kappa shape index (κ3) is 5.06. The van der Waals surface area contributed by atoms with Gasteiger partial charge in [0.1, 0.15) is 23.3 Å². The Kier molecular flexibility index (Phi) is 7.61. The van der Waals surface area contributed by atoms with Crippen molar-refractivity contribution in [2.75, 3.05) is 0 Å². The Morgan fingerprint density at radius 1 is 0.906 bits per heavy atom. The van der Waals surface area contributed by atoms with E-state index < -0.39 is 17.2 Å². The van der Waals surface area contributed by atoms with E-state index in [4.69, 9.17) is 5.26 Å². The summed E-state index contributed by atoms with van der Waals surface area (Å²) in [7, 11) is 0. The lowest BCUT2D eigenvalue weighted by molar-refractivity contribution is 0.302. The molecular formula is C29H35F2N. The molecule has 0 saturated heterocycles. The zero-order valence-electron chi connectivity index (χ0n) is 19.3. The first-order valence-electron chi connectivity index (χ1n) is 12.6. The number of nitrogens with zero attached hydrogens (tertiary/aromatic N) is 1. The second kappa shape index (κ2) is 10.6. The van der Waals surface area contributed by atoms with Crippen LogP contribution in [-0.4, -0.2) is 0 Å². The van der Waals surface area contributed by atoms with Crippen LogP contribution in [0.2, 0.25) is 0 Å². The Hall–Kier alpha value is -2.21. The van der Waals surface area contributed by atoms with Crippen molar-refractivity contribution in [2.24, 2.45) is 5.92 Å². The molecule has 2 aromatic rings. The third-order valence-corrected chi connectivity index (χ3v) is 7.92. The van der Waals surface area contributed by atoms with Crippen LogP contribution in [0, 0.1) is 28.9 Å². The van der Waals surface area contributed by atoms with Crippen LogP contribution in [0.3, 0.4) is 0 Å². The van der Waals surface area contributed by atoms with E-state index in [0.717, 1.165) is 17.9 Å². The highest BCUT2D eigenvalue weighted by atomic mass is 19.1. The Balaban J connectivity index is 1.35. The van der Waals surface area contributed by atoms with Crippen LogP contribution in [0.4, 0.5) is 8.78 Å². The van der Waals surface area contributed by atoms with Crippen molar-refractivity contribution in [2.45, 2.75) is 95.8 Å². The lowest BCUT2D eigenvalue weighted by Gasteiger charge is -2.29. The molecule has 0 spiro atoms.